The number of aromatic nitrogens is 3. The molecule has 0 amide bonds. The first-order chi connectivity index (χ1) is 33.2. The zero-order valence-electron chi connectivity index (χ0n) is 38.9. The Morgan fingerprint density at radius 3 is 1.69 bits per heavy atom. The van der Waals surface area contributed by atoms with Gasteiger partial charge in [0.2, 0.25) is 0 Å². The second-order valence-electron chi connectivity index (χ2n) is 15.1. The van der Waals surface area contributed by atoms with Gasteiger partial charge in [-0.15, -0.1) is 11.3 Å². The van der Waals surface area contributed by atoms with Gasteiger partial charge in [0, 0.05) is 47.6 Å². The quantitative estimate of drug-likeness (QED) is 0.161. The molecule has 0 aliphatic heterocycles. The topological polar surface area (TPSA) is 51.8 Å². The second-order valence-corrected chi connectivity index (χ2v) is 16.1. The molecular weight excluding hydrogens is 775 g/mol. The molecule has 0 radical (unpaired) electrons. The van der Waals surface area contributed by atoms with Crippen LogP contribution in [0.15, 0.2) is 217 Å². The molecular formula is C57H35N3OS. The van der Waals surface area contributed by atoms with Gasteiger partial charge in [-0.3, -0.25) is 0 Å². The van der Waals surface area contributed by atoms with Crippen LogP contribution in [0.3, 0.4) is 0 Å². The summed E-state index contributed by atoms with van der Waals surface area (Å²) in [7, 11) is 0. The molecule has 12 rings (SSSR count). The molecule has 4 nitrogen and oxygen atoms in total. The fraction of sp³-hybridized carbons (Fsp3) is 0. The highest BCUT2D eigenvalue weighted by Gasteiger charge is 2.18. The van der Waals surface area contributed by atoms with Crippen LogP contribution in [0, 0.1) is 0 Å². The molecule has 62 heavy (non-hydrogen) atoms. The summed E-state index contributed by atoms with van der Waals surface area (Å²) in [6, 6.07) is 56.3. The van der Waals surface area contributed by atoms with Crippen molar-refractivity contribution >= 4 is 53.4 Å². The van der Waals surface area contributed by atoms with E-state index in [1.165, 1.54) is 0 Å². The van der Waals surface area contributed by atoms with Crippen LogP contribution in [0.25, 0.3) is 121 Å². The van der Waals surface area contributed by atoms with Gasteiger partial charge in [0.25, 0.3) is 0 Å². The Labute approximate surface area is 370 Å². The van der Waals surface area contributed by atoms with Gasteiger partial charge in [0.15, 0.2) is 17.5 Å². The van der Waals surface area contributed by atoms with Gasteiger partial charge in [-0.25, -0.2) is 15.0 Å². The molecule has 0 saturated carbocycles. The number of rotatable bonds is 7. The van der Waals surface area contributed by atoms with E-state index >= 15 is 0 Å². The maximum atomic E-state index is 9.85. The number of hydrogen-bond acceptors (Lipinski definition) is 5. The number of nitrogens with zero attached hydrogens (tertiary/aromatic N) is 3. The Morgan fingerprint density at radius 1 is 0.371 bits per heavy atom. The summed E-state index contributed by atoms with van der Waals surface area (Å²) in [6.07, 6.45) is 0. The van der Waals surface area contributed by atoms with Crippen molar-refractivity contribution in [1.82, 2.24) is 15.0 Å². The Balaban J connectivity index is 1.07. The third-order valence-corrected chi connectivity index (χ3v) is 12.3. The molecule has 9 aromatic carbocycles. The molecule has 290 valence electrons. The highest BCUT2D eigenvalue weighted by molar-refractivity contribution is 7.26. The minimum absolute atomic E-state index is 0.0399. The fourth-order valence-electron chi connectivity index (χ4n) is 8.25. The number of fused-ring (bicyclic) bond motifs is 6. The lowest BCUT2D eigenvalue weighted by molar-refractivity contribution is 0.669. The maximum Gasteiger partial charge on any atom is 0.164 e. The minimum Gasteiger partial charge on any atom is -0.456 e. The predicted octanol–water partition coefficient (Wildman–Crippen LogP) is 15.8. The lowest BCUT2D eigenvalue weighted by Crippen LogP contribution is -2.00. The monoisotopic (exact) mass is 815 g/mol. The van der Waals surface area contributed by atoms with E-state index in [9.17, 15) is 5.48 Å². The third kappa shape index (κ3) is 6.35. The third-order valence-electron chi connectivity index (χ3n) is 11.3. The number of hydrogen-bond donors (Lipinski definition) is 0. The van der Waals surface area contributed by atoms with Gasteiger partial charge in [-0.05, 0) is 86.9 Å². The molecule has 5 heteroatoms. The summed E-state index contributed by atoms with van der Waals surface area (Å²) in [5, 5.41) is 2.48. The maximum absolute atomic E-state index is 9.85. The number of thiophene rings is 1. The van der Waals surface area contributed by atoms with Crippen molar-refractivity contribution in [3.05, 3.63) is 212 Å². The number of benzene rings is 9. The Kier molecular flexibility index (Phi) is 7.25. The molecule has 3 heterocycles. The van der Waals surface area contributed by atoms with Crippen LogP contribution in [-0.4, -0.2) is 15.0 Å². The first-order valence-electron chi connectivity index (χ1n) is 23.3. The van der Waals surface area contributed by atoms with Crippen molar-refractivity contribution in [2.24, 2.45) is 0 Å². The summed E-state index contributed by atoms with van der Waals surface area (Å²) >= 11 is 1.12. The van der Waals surface area contributed by atoms with E-state index in [1.54, 1.807) is 0 Å². The van der Waals surface area contributed by atoms with Crippen molar-refractivity contribution in [1.29, 1.82) is 0 Å². The van der Waals surface area contributed by atoms with E-state index in [1.807, 2.05) is 152 Å². The van der Waals surface area contributed by atoms with Gasteiger partial charge in [0.05, 0.1) is 8.22 Å². The van der Waals surface area contributed by atoms with Crippen LogP contribution < -0.4 is 0 Å². The molecule has 0 fully saturated rings. The Morgan fingerprint density at radius 2 is 0.952 bits per heavy atom. The highest BCUT2D eigenvalue weighted by Crippen LogP contribution is 2.44. The van der Waals surface area contributed by atoms with Gasteiger partial charge in [-0.1, -0.05) is 170 Å². The lowest BCUT2D eigenvalue weighted by Gasteiger charge is -2.12. The van der Waals surface area contributed by atoms with E-state index in [-0.39, 0.29) is 53.0 Å². The smallest absolute Gasteiger partial charge is 0.164 e. The van der Waals surface area contributed by atoms with Crippen LogP contribution in [0.1, 0.15) is 8.22 Å². The molecule has 0 aliphatic carbocycles. The van der Waals surface area contributed by atoms with Crippen molar-refractivity contribution in [2.45, 2.75) is 0 Å². The van der Waals surface area contributed by atoms with Crippen LogP contribution in [0.2, 0.25) is 0 Å². The lowest BCUT2D eigenvalue weighted by atomic mass is 9.92. The van der Waals surface area contributed by atoms with E-state index in [0.717, 1.165) is 61.1 Å². The van der Waals surface area contributed by atoms with Gasteiger partial charge in [-0.2, -0.15) is 0 Å². The standard InChI is InChI=1S/C57H35N3OS/c1-4-13-36(14-5-1)38-23-25-40(26-24-38)55-58-56(42-29-32-50-49(33-42)46-30-27-41(34-51(46)61-50)37-15-6-2-7-16-37)60-57(59-55)43-28-31-48-53(35-43)62-52-22-12-21-47(54(48)52)45-20-11-10-19-44(45)39-17-8-3-9-18-39/h1-35H/i12D,21D,22D,28D,31D,35D. The van der Waals surface area contributed by atoms with Gasteiger partial charge < -0.3 is 4.42 Å². The van der Waals surface area contributed by atoms with Crippen LogP contribution in [0.4, 0.5) is 0 Å². The van der Waals surface area contributed by atoms with Crippen LogP contribution in [0.5, 0.6) is 0 Å². The van der Waals surface area contributed by atoms with Crippen LogP contribution >= 0.6 is 11.3 Å². The zero-order valence-corrected chi connectivity index (χ0v) is 33.7. The molecule has 0 N–H and O–H groups in total. The molecule has 3 aromatic heterocycles. The normalized spacial score (nSPS) is 12.9. The summed E-state index contributed by atoms with van der Waals surface area (Å²) in [4.78, 5) is 15.0. The highest BCUT2D eigenvalue weighted by atomic mass is 32.1. The molecule has 0 spiro atoms. The minimum atomic E-state index is -0.273. The first-order valence-corrected chi connectivity index (χ1v) is 21.1. The second kappa shape index (κ2) is 14.9. The SMILES string of the molecule is [2H]c1c([2H])c(-c2ccccc2-c2ccccc2)c2c(sc3c([2H])c(-c4nc(-c5ccc(-c6ccccc6)cc5)nc(-c5ccc6oc7cc(-c8ccccc8)ccc7c6c5)n4)c([2H])c([2H])c32)c1[2H]. The molecule has 0 aliphatic rings. The van der Waals surface area contributed by atoms with Gasteiger partial charge >= 0.3 is 0 Å². The Hall–Kier alpha value is -7.99. The van der Waals surface area contributed by atoms with Gasteiger partial charge in [0.1, 0.15) is 11.2 Å². The Bertz CT molecular complexity index is 3970. The predicted molar refractivity (Wildman–Crippen MR) is 258 cm³/mol. The summed E-state index contributed by atoms with van der Waals surface area (Å²) < 4.78 is 63.6. The van der Waals surface area contributed by atoms with E-state index in [0.29, 0.717) is 54.3 Å². The average Bonchev–Trinajstić information content (AvgIpc) is 3.97. The van der Waals surface area contributed by atoms with Crippen molar-refractivity contribution < 1.29 is 12.6 Å². The van der Waals surface area contributed by atoms with Crippen molar-refractivity contribution in [2.75, 3.05) is 0 Å². The molecule has 0 unspecified atom stereocenters. The summed E-state index contributed by atoms with van der Waals surface area (Å²) in [5.74, 6) is 0.678. The molecule has 0 bridgehead atoms. The fourth-order valence-corrected chi connectivity index (χ4v) is 9.27. The molecule has 0 atom stereocenters. The van der Waals surface area contributed by atoms with E-state index < -0.39 is 0 Å². The summed E-state index contributed by atoms with van der Waals surface area (Å²) in [5.41, 5.74) is 9.79. The first kappa shape index (κ1) is 30.1. The molecule has 0 saturated heterocycles. The van der Waals surface area contributed by atoms with E-state index in [2.05, 4.69) is 24.3 Å². The van der Waals surface area contributed by atoms with Crippen molar-refractivity contribution in [3.63, 3.8) is 0 Å². The largest absolute Gasteiger partial charge is 0.456 e. The molecule has 12 aromatic rings. The van der Waals surface area contributed by atoms with E-state index in [4.69, 9.17) is 22.1 Å². The summed E-state index contributed by atoms with van der Waals surface area (Å²) in [6.45, 7) is 0. The van der Waals surface area contributed by atoms with Crippen LogP contribution in [-0.2, 0) is 0 Å². The van der Waals surface area contributed by atoms with Crippen molar-refractivity contribution in [3.8, 4) is 78.7 Å². The number of furan rings is 1. The zero-order chi connectivity index (χ0) is 46.2. The average molecular weight is 816 g/mol.